The summed E-state index contributed by atoms with van der Waals surface area (Å²) in [5.41, 5.74) is 6.12. The van der Waals surface area contributed by atoms with Crippen LogP contribution in [0.2, 0.25) is 0 Å². The second-order valence-corrected chi connectivity index (χ2v) is 4.85. The first-order chi connectivity index (χ1) is 10.3. The molecule has 2 aromatic rings. The third-order valence-electron chi connectivity index (χ3n) is 3.38. The molecule has 21 heavy (non-hydrogen) atoms. The summed E-state index contributed by atoms with van der Waals surface area (Å²) in [5, 5.41) is 3.97. The van der Waals surface area contributed by atoms with Crippen LogP contribution in [0.4, 0.5) is 16.2 Å². The Morgan fingerprint density at radius 3 is 2.86 bits per heavy atom. The predicted molar refractivity (Wildman–Crippen MR) is 80.1 cm³/mol. The minimum Gasteiger partial charge on any atom is -0.378 e. The third-order valence-corrected chi connectivity index (χ3v) is 3.38. The van der Waals surface area contributed by atoms with Crippen LogP contribution in [0.3, 0.4) is 0 Å². The first-order valence-electron chi connectivity index (χ1n) is 7.02. The first kappa shape index (κ1) is 14.0. The van der Waals surface area contributed by atoms with Crippen LogP contribution in [0, 0.1) is 5.82 Å². The van der Waals surface area contributed by atoms with Crippen LogP contribution >= 0.6 is 0 Å². The van der Waals surface area contributed by atoms with E-state index in [9.17, 15) is 4.39 Å². The minimum absolute atomic E-state index is 0.307. The fourth-order valence-corrected chi connectivity index (χ4v) is 2.32. The molecule has 0 amide bonds. The van der Waals surface area contributed by atoms with Crippen molar-refractivity contribution in [1.29, 1.82) is 0 Å². The van der Waals surface area contributed by atoms with Crippen LogP contribution in [0.5, 0.6) is 0 Å². The maximum absolute atomic E-state index is 13.5. The van der Waals surface area contributed by atoms with E-state index in [1.54, 1.807) is 6.07 Å². The zero-order valence-electron chi connectivity index (χ0n) is 11.7. The van der Waals surface area contributed by atoms with Crippen LogP contribution in [0.1, 0.15) is 0 Å². The standard InChI is InChI=1S/C14H18FN5O/c15-10-1-2-11-12(9-10)18-14(19-13(11)17-4-3-16)20-5-7-21-8-6-20/h1-2,9H,3-8,16H2,(H,17,18,19). The number of anilines is 2. The molecule has 112 valence electrons. The number of benzene rings is 1. The number of nitrogens with two attached hydrogens (primary N) is 1. The Balaban J connectivity index is 2.03. The van der Waals surface area contributed by atoms with Crippen molar-refractivity contribution in [2.75, 3.05) is 49.6 Å². The van der Waals surface area contributed by atoms with Crippen molar-refractivity contribution in [1.82, 2.24) is 9.97 Å². The number of hydrogen-bond acceptors (Lipinski definition) is 6. The highest BCUT2D eigenvalue weighted by atomic mass is 19.1. The SMILES string of the molecule is NCCNc1nc(N2CCOCC2)nc2cc(F)ccc12. The number of hydrogen-bond donors (Lipinski definition) is 2. The van der Waals surface area contributed by atoms with Crippen LogP contribution in [0.15, 0.2) is 18.2 Å². The van der Waals surface area contributed by atoms with Crippen LogP contribution in [-0.4, -0.2) is 49.4 Å². The van der Waals surface area contributed by atoms with Gasteiger partial charge in [0.2, 0.25) is 5.95 Å². The molecule has 1 aromatic heterocycles. The van der Waals surface area contributed by atoms with Gasteiger partial charge < -0.3 is 20.7 Å². The fourth-order valence-electron chi connectivity index (χ4n) is 2.32. The molecule has 3 N–H and O–H groups in total. The molecule has 1 fully saturated rings. The van der Waals surface area contributed by atoms with Gasteiger partial charge in [0.1, 0.15) is 11.6 Å². The Hall–Kier alpha value is -1.99. The van der Waals surface area contributed by atoms with Gasteiger partial charge in [-0.05, 0) is 12.1 Å². The van der Waals surface area contributed by atoms with E-state index < -0.39 is 0 Å². The number of fused-ring (bicyclic) bond motifs is 1. The zero-order chi connectivity index (χ0) is 14.7. The molecule has 1 aromatic carbocycles. The van der Waals surface area contributed by atoms with E-state index in [4.69, 9.17) is 10.5 Å². The topological polar surface area (TPSA) is 76.3 Å². The lowest BCUT2D eigenvalue weighted by atomic mass is 10.2. The molecular weight excluding hydrogens is 273 g/mol. The average Bonchev–Trinajstić information content (AvgIpc) is 2.52. The summed E-state index contributed by atoms with van der Waals surface area (Å²) in [6.45, 7) is 3.87. The van der Waals surface area contributed by atoms with Crippen molar-refractivity contribution in [2.45, 2.75) is 0 Å². The van der Waals surface area contributed by atoms with E-state index in [0.717, 1.165) is 18.5 Å². The van der Waals surface area contributed by atoms with Gasteiger partial charge in [0.05, 0.1) is 18.7 Å². The van der Waals surface area contributed by atoms with Crippen molar-refractivity contribution >= 4 is 22.7 Å². The molecule has 0 atom stereocenters. The molecule has 3 rings (SSSR count). The number of halogens is 1. The quantitative estimate of drug-likeness (QED) is 0.874. The first-order valence-corrected chi connectivity index (χ1v) is 7.02. The second kappa shape index (κ2) is 6.19. The van der Waals surface area contributed by atoms with E-state index in [0.29, 0.717) is 43.6 Å². The van der Waals surface area contributed by atoms with Gasteiger partial charge in [-0.1, -0.05) is 0 Å². The van der Waals surface area contributed by atoms with Crippen molar-refractivity contribution < 1.29 is 9.13 Å². The highest BCUT2D eigenvalue weighted by Gasteiger charge is 2.16. The van der Waals surface area contributed by atoms with Gasteiger partial charge in [-0.25, -0.2) is 9.37 Å². The lowest BCUT2D eigenvalue weighted by Gasteiger charge is -2.27. The molecule has 1 saturated heterocycles. The lowest BCUT2D eigenvalue weighted by molar-refractivity contribution is 0.122. The summed E-state index contributed by atoms with van der Waals surface area (Å²) >= 11 is 0. The van der Waals surface area contributed by atoms with Crippen LogP contribution < -0.4 is 16.0 Å². The van der Waals surface area contributed by atoms with Gasteiger partial charge in [0.15, 0.2) is 0 Å². The smallest absolute Gasteiger partial charge is 0.228 e. The van der Waals surface area contributed by atoms with Gasteiger partial charge in [-0.3, -0.25) is 0 Å². The van der Waals surface area contributed by atoms with Crippen molar-refractivity contribution in [2.24, 2.45) is 5.73 Å². The molecule has 0 aliphatic carbocycles. The van der Waals surface area contributed by atoms with E-state index >= 15 is 0 Å². The molecule has 0 spiro atoms. The molecule has 7 heteroatoms. The van der Waals surface area contributed by atoms with Gasteiger partial charge in [-0.2, -0.15) is 4.98 Å². The highest BCUT2D eigenvalue weighted by Crippen LogP contribution is 2.24. The summed E-state index contributed by atoms with van der Waals surface area (Å²) in [6, 6.07) is 4.52. The van der Waals surface area contributed by atoms with Crippen molar-refractivity contribution in [3.8, 4) is 0 Å². The third kappa shape index (κ3) is 3.03. The predicted octanol–water partition coefficient (Wildman–Crippen LogP) is 0.976. The monoisotopic (exact) mass is 291 g/mol. The Morgan fingerprint density at radius 2 is 2.10 bits per heavy atom. The molecule has 1 aliphatic rings. The maximum atomic E-state index is 13.5. The summed E-state index contributed by atoms with van der Waals surface area (Å²) in [6.07, 6.45) is 0. The zero-order valence-corrected chi connectivity index (χ0v) is 11.7. The van der Waals surface area contributed by atoms with E-state index in [1.807, 2.05) is 4.90 Å². The molecular formula is C14H18FN5O. The summed E-state index contributed by atoms with van der Waals surface area (Å²) < 4.78 is 18.8. The summed E-state index contributed by atoms with van der Waals surface area (Å²) in [4.78, 5) is 11.1. The Morgan fingerprint density at radius 1 is 1.29 bits per heavy atom. The molecule has 0 radical (unpaired) electrons. The minimum atomic E-state index is -0.307. The Labute approximate surface area is 122 Å². The van der Waals surface area contributed by atoms with E-state index in [1.165, 1.54) is 12.1 Å². The van der Waals surface area contributed by atoms with Gasteiger partial charge in [0, 0.05) is 37.6 Å². The average molecular weight is 291 g/mol. The second-order valence-electron chi connectivity index (χ2n) is 4.85. The lowest BCUT2D eigenvalue weighted by Crippen LogP contribution is -2.37. The number of nitrogens with one attached hydrogen (secondary N) is 1. The summed E-state index contributed by atoms with van der Waals surface area (Å²) in [7, 11) is 0. The molecule has 0 bridgehead atoms. The molecule has 0 unspecified atom stereocenters. The largest absolute Gasteiger partial charge is 0.378 e. The number of ether oxygens (including phenoxy) is 1. The molecule has 6 nitrogen and oxygen atoms in total. The molecule has 0 saturated carbocycles. The van der Waals surface area contributed by atoms with Gasteiger partial charge in [0.25, 0.3) is 0 Å². The van der Waals surface area contributed by atoms with Gasteiger partial charge in [-0.15, -0.1) is 0 Å². The Kier molecular flexibility index (Phi) is 4.12. The normalized spacial score (nSPS) is 15.4. The van der Waals surface area contributed by atoms with E-state index in [2.05, 4.69) is 15.3 Å². The van der Waals surface area contributed by atoms with Crippen molar-refractivity contribution in [3.05, 3.63) is 24.0 Å². The van der Waals surface area contributed by atoms with E-state index in [-0.39, 0.29) is 5.82 Å². The highest BCUT2D eigenvalue weighted by molar-refractivity contribution is 5.90. The molecule has 2 heterocycles. The molecule has 1 aliphatic heterocycles. The number of rotatable bonds is 4. The van der Waals surface area contributed by atoms with Gasteiger partial charge >= 0.3 is 0 Å². The number of morpholine rings is 1. The van der Waals surface area contributed by atoms with Crippen LogP contribution in [-0.2, 0) is 4.74 Å². The number of nitrogens with zero attached hydrogens (tertiary/aromatic N) is 3. The fraction of sp³-hybridized carbons (Fsp3) is 0.429. The summed E-state index contributed by atoms with van der Waals surface area (Å²) in [5.74, 6) is 0.974. The maximum Gasteiger partial charge on any atom is 0.228 e. The number of aromatic nitrogens is 2. The van der Waals surface area contributed by atoms with Crippen molar-refractivity contribution in [3.63, 3.8) is 0 Å². The Bertz CT molecular complexity index is 630. The van der Waals surface area contributed by atoms with Crippen LogP contribution in [0.25, 0.3) is 10.9 Å².